The monoisotopic (exact) mass is 293 g/mol. The van der Waals surface area contributed by atoms with Gasteiger partial charge in [-0.1, -0.05) is 39.7 Å². The number of aryl methyl sites for hydroxylation is 3. The fraction of sp³-hybridized carbons (Fsp3) is 0.450. The molecule has 112 valence electrons. The van der Waals surface area contributed by atoms with Gasteiger partial charge < -0.3 is 0 Å². The Morgan fingerprint density at radius 3 is 2.43 bits per heavy atom. The molecular formula is C20H28N+. The lowest BCUT2D eigenvalue weighted by Gasteiger charge is -2.13. The zero-order valence-electron chi connectivity index (χ0n) is 23.8. The van der Waals surface area contributed by atoms with Crippen molar-refractivity contribution in [1.29, 1.82) is 0 Å². The van der Waals surface area contributed by atoms with E-state index >= 15 is 0 Å². The summed E-state index contributed by atoms with van der Waals surface area (Å²) in [4.78, 5) is 0. The van der Waals surface area contributed by atoms with Gasteiger partial charge in [0.25, 0.3) is 0 Å². The van der Waals surface area contributed by atoms with E-state index in [4.69, 9.17) is 15.1 Å². The lowest BCUT2D eigenvalue weighted by molar-refractivity contribution is -0.660. The van der Waals surface area contributed by atoms with E-state index in [-0.39, 0.29) is 0 Å². The molecule has 0 spiro atoms. The third-order valence-corrected chi connectivity index (χ3v) is 3.62. The molecule has 1 aromatic heterocycles. The SMILES string of the molecule is [2H]C([2H])([2H])c1cc(-c2ccc(C([2H])(C)C)cc2C)[n+](C)cc1C([2H])(C([2H])([2H])[2H])C([2H])([2H])[2H]. The van der Waals surface area contributed by atoms with E-state index in [0.29, 0.717) is 11.3 Å². The summed E-state index contributed by atoms with van der Waals surface area (Å²) in [7, 11) is 1.55. The highest BCUT2D eigenvalue weighted by atomic mass is 14.9. The minimum Gasteiger partial charge on any atom is -0.201 e. The molecule has 2 rings (SSSR count). The number of aromatic nitrogens is 1. The topological polar surface area (TPSA) is 3.88 Å². The summed E-state index contributed by atoms with van der Waals surface area (Å²) in [5.41, 5.74) is 1.54. The van der Waals surface area contributed by atoms with Crippen LogP contribution in [0.1, 0.15) is 76.7 Å². The van der Waals surface area contributed by atoms with Crippen molar-refractivity contribution in [3.8, 4) is 11.3 Å². The third kappa shape index (κ3) is 3.18. The molecule has 0 radical (unpaired) electrons. The first-order chi connectivity index (χ1) is 14.1. The quantitative estimate of drug-likeness (QED) is 0.698. The second-order valence-electron chi connectivity index (χ2n) is 5.50. The van der Waals surface area contributed by atoms with Crippen molar-refractivity contribution in [2.24, 2.45) is 7.05 Å². The normalized spacial score (nSPS) is 22.0. The average Bonchev–Trinajstić information content (AvgIpc) is 2.57. The maximum Gasteiger partial charge on any atom is 0.212 e. The Kier molecular flexibility index (Phi) is 1.90. The summed E-state index contributed by atoms with van der Waals surface area (Å²) in [6.45, 7) is -4.14. The summed E-state index contributed by atoms with van der Waals surface area (Å²) in [6, 6.07) is 6.58. The Morgan fingerprint density at radius 2 is 1.86 bits per heavy atom. The number of benzene rings is 1. The van der Waals surface area contributed by atoms with Crippen LogP contribution in [0.4, 0.5) is 0 Å². The standard InChI is InChI=1S/C20H28N/c1-13(2)17-8-9-18(15(5)10-17)20-11-16(6)19(14(3)4)12-21(20)7/h8-14H,1-7H3/q+1/i3D3,4D3,6D3,13D,14D. The first-order valence-corrected chi connectivity index (χ1v) is 6.78. The zero-order chi connectivity index (χ0) is 25.1. The van der Waals surface area contributed by atoms with Crippen LogP contribution in [0.25, 0.3) is 11.3 Å². The van der Waals surface area contributed by atoms with E-state index in [9.17, 15) is 0 Å². The van der Waals surface area contributed by atoms with Crippen LogP contribution in [-0.2, 0) is 7.05 Å². The molecule has 0 amide bonds. The van der Waals surface area contributed by atoms with Gasteiger partial charge >= 0.3 is 0 Å². The smallest absolute Gasteiger partial charge is 0.201 e. The highest BCUT2D eigenvalue weighted by Gasteiger charge is 2.17. The van der Waals surface area contributed by atoms with Crippen LogP contribution in [0.5, 0.6) is 0 Å². The molecule has 0 aliphatic carbocycles. The summed E-state index contributed by atoms with van der Waals surface area (Å²) < 4.78 is 88.6. The van der Waals surface area contributed by atoms with Crippen LogP contribution >= 0.6 is 0 Å². The summed E-state index contributed by atoms with van der Waals surface area (Å²) in [5, 5.41) is 0. The van der Waals surface area contributed by atoms with Crippen molar-refractivity contribution in [3.05, 3.63) is 52.7 Å². The molecule has 1 nitrogen and oxygen atoms in total. The largest absolute Gasteiger partial charge is 0.212 e. The van der Waals surface area contributed by atoms with Crippen LogP contribution in [0.3, 0.4) is 0 Å². The van der Waals surface area contributed by atoms with Gasteiger partial charge in [-0.3, -0.25) is 0 Å². The molecule has 0 fully saturated rings. The first kappa shape index (κ1) is 6.64. The predicted octanol–water partition coefficient (Wildman–Crippen LogP) is 5.04. The van der Waals surface area contributed by atoms with Crippen molar-refractivity contribution < 1.29 is 19.6 Å². The molecule has 0 aliphatic rings. The fourth-order valence-electron chi connectivity index (χ4n) is 2.38. The number of hydrogen-bond acceptors (Lipinski definition) is 0. The maximum absolute atomic E-state index is 8.49. The molecule has 0 aliphatic heterocycles. The fourth-order valence-corrected chi connectivity index (χ4v) is 2.38. The van der Waals surface area contributed by atoms with E-state index < -0.39 is 43.5 Å². The Labute approximate surface area is 145 Å². The first-order valence-electron chi connectivity index (χ1n) is 12.3. The Balaban J connectivity index is 2.90. The molecule has 0 saturated carbocycles. The van der Waals surface area contributed by atoms with Gasteiger partial charge in [0, 0.05) is 32.3 Å². The Hall–Kier alpha value is -1.63. The Bertz CT molecular complexity index is 994. The molecule has 0 N–H and O–H groups in total. The molecule has 1 heteroatoms. The van der Waals surface area contributed by atoms with Gasteiger partial charge in [0.05, 0.1) is 0 Å². The maximum atomic E-state index is 8.49. The molecule has 21 heavy (non-hydrogen) atoms. The van der Waals surface area contributed by atoms with Gasteiger partial charge in [-0.2, -0.15) is 0 Å². The summed E-state index contributed by atoms with van der Waals surface area (Å²) in [6.07, 6.45) is 1.13. The van der Waals surface area contributed by atoms with Crippen LogP contribution in [-0.4, -0.2) is 0 Å². The molecular weight excluding hydrogens is 254 g/mol. The van der Waals surface area contributed by atoms with Gasteiger partial charge in [0.15, 0.2) is 6.20 Å². The van der Waals surface area contributed by atoms with Gasteiger partial charge in [0.2, 0.25) is 5.69 Å². The molecule has 2 aromatic rings. The lowest BCUT2D eigenvalue weighted by atomic mass is 9.94. The second kappa shape index (κ2) is 6.01. The van der Waals surface area contributed by atoms with Crippen LogP contribution in [0.15, 0.2) is 30.5 Å². The van der Waals surface area contributed by atoms with Gasteiger partial charge in [-0.15, -0.1) is 0 Å². The zero-order valence-corrected chi connectivity index (χ0v) is 12.8. The lowest BCUT2D eigenvalue weighted by Crippen LogP contribution is -2.32. The van der Waals surface area contributed by atoms with E-state index in [1.807, 2.05) is 13.0 Å². The number of pyridine rings is 1. The number of nitrogens with zero attached hydrogens (tertiary/aromatic N) is 1. The van der Waals surface area contributed by atoms with Crippen molar-refractivity contribution in [2.75, 3.05) is 0 Å². The minimum absolute atomic E-state index is 0.421. The summed E-state index contributed by atoms with van der Waals surface area (Å²) >= 11 is 0. The average molecular weight is 294 g/mol. The van der Waals surface area contributed by atoms with E-state index in [0.717, 1.165) is 17.3 Å². The molecule has 0 atom stereocenters. The number of hydrogen-bond donors (Lipinski definition) is 0. The van der Waals surface area contributed by atoms with Crippen molar-refractivity contribution in [1.82, 2.24) is 0 Å². The Morgan fingerprint density at radius 1 is 1.10 bits per heavy atom. The van der Waals surface area contributed by atoms with Crippen molar-refractivity contribution >= 4 is 0 Å². The minimum atomic E-state index is -3.30. The van der Waals surface area contributed by atoms with Crippen LogP contribution in [0, 0.1) is 13.8 Å². The third-order valence-electron chi connectivity index (χ3n) is 3.62. The molecule has 0 bridgehead atoms. The van der Waals surface area contributed by atoms with E-state index in [1.54, 1.807) is 33.0 Å². The van der Waals surface area contributed by atoms with Gasteiger partial charge in [-0.05, 0) is 48.3 Å². The van der Waals surface area contributed by atoms with Crippen molar-refractivity contribution in [2.45, 2.75) is 53.1 Å². The highest BCUT2D eigenvalue weighted by molar-refractivity contribution is 5.62. The molecule has 1 heterocycles. The molecule has 0 saturated heterocycles. The highest BCUT2D eigenvalue weighted by Crippen LogP contribution is 2.27. The number of rotatable bonds is 3. The summed E-state index contributed by atoms with van der Waals surface area (Å²) in [5.74, 6) is -3.96. The van der Waals surface area contributed by atoms with E-state index in [2.05, 4.69) is 0 Å². The van der Waals surface area contributed by atoms with Crippen LogP contribution < -0.4 is 4.57 Å². The molecule has 1 aromatic carbocycles. The molecule has 0 unspecified atom stereocenters. The predicted molar refractivity (Wildman–Crippen MR) is 90.7 cm³/mol. The van der Waals surface area contributed by atoms with Gasteiger partial charge in [0.1, 0.15) is 7.05 Å². The van der Waals surface area contributed by atoms with Crippen molar-refractivity contribution in [3.63, 3.8) is 0 Å². The van der Waals surface area contributed by atoms with Crippen LogP contribution in [0.2, 0.25) is 0 Å². The van der Waals surface area contributed by atoms with Gasteiger partial charge in [-0.25, -0.2) is 4.57 Å². The second-order valence-corrected chi connectivity index (χ2v) is 5.50. The van der Waals surface area contributed by atoms with E-state index in [1.165, 1.54) is 10.6 Å².